The predicted octanol–water partition coefficient (Wildman–Crippen LogP) is 2.32. The first kappa shape index (κ1) is 18.1. The number of phenolic OH excluding ortho intramolecular Hbond substituents is 1. The van der Waals surface area contributed by atoms with Crippen molar-refractivity contribution >= 4 is 28.5 Å². The summed E-state index contributed by atoms with van der Waals surface area (Å²) in [6, 6.07) is 10.5. The van der Waals surface area contributed by atoms with Gasteiger partial charge < -0.3 is 21.0 Å². The van der Waals surface area contributed by atoms with E-state index in [9.17, 15) is 9.50 Å². The smallest absolute Gasteiger partial charge is 0.245 e. The molecule has 0 amide bonds. The quantitative estimate of drug-likeness (QED) is 0.263. The number of benzene rings is 2. The first-order chi connectivity index (χ1) is 14.1. The Bertz CT molecular complexity index is 1210. The van der Waals surface area contributed by atoms with E-state index in [-0.39, 0.29) is 51.4 Å². The first-order valence-electron chi connectivity index (χ1n) is 8.28. The van der Waals surface area contributed by atoms with Crippen molar-refractivity contribution in [1.82, 2.24) is 20.3 Å². The van der Waals surface area contributed by atoms with Crippen molar-refractivity contribution in [3.05, 3.63) is 59.5 Å². The number of rotatable bonds is 5. The topological polar surface area (TPSA) is 145 Å². The van der Waals surface area contributed by atoms with Gasteiger partial charge >= 0.3 is 0 Å². The average Bonchev–Trinajstić information content (AvgIpc) is 3.19. The third-order valence-corrected chi connectivity index (χ3v) is 4.05. The molecule has 10 nitrogen and oxygen atoms in total. The Hall–Kier alpha value is -4.28. The lowest BCUT2D eigenvalue weighted by Gasteiger charge is -2.13. The number of ether oxygens (including phenoxy) is 1. The van der Waals surface area contributed by atoms with Crippen LogP contribution >= 0.6 is 0 Å². The molecule has 0 saturated carbocycles. The molecule has 4 aromatic rings. The summed E-state index contributed by atoms with van der Waals surface area (Å²) in [5.74, 6) is 5.50. The number of fused-ring (bicyclic) bond motifs is 1. The van der Waals surface area contributed by atoms with Crippen molar-refractivity contribution in [2.24, 2.45) is 10.9 Å². The first-order valence-corrected chi connectivity index (χ1v) is 8.28. The summed E-state index contributed by atoms with van der Waals surface area (Å²) >= 11 is 0. The van der Waals surface area contributed by atoms with Gasteiger partial charge in [0.15, 0.2) is 17.3 Å². The summed E-state index contributed by atoms with van der Waals surface area (Å²) in [5.41, 5.74) is 1.34. The molecule has 0 aliphatic rings. The van der Waals surface area contributed by atoms with Gasteiger partial charge in [-0.3, -0.25) is 0 Å². The molecule has 0 bridgehead atoms. The zero-order chi connectivity index (χ0) is 20.4. The molecule has 0 aliphatic carbocycles. The SMILES string of the molecule is COc1cccc(C(=NN)c2nc3nonc3nc2Nc2ccc(F)cc2)c1O. The summed E-state index contributed by atoms with van der Waals surface area (Å²) in [6.07, 6.45) is 0. The van der Waals surface area contributed by atoms with Crippen LogP contribution in [-0.2, 0) is 0 Å². The monoisotopic (exact) mass is 395 g/mol. The minimum Gasteiger partial charge on any atom is -0.504 e. The lowest BCUT2D eigenvalue weighted by atomic mass is 10.0. The summed E-state index contributed by atoms with van der Waals surface area (Å²) in [7, 11) is 1.42. The molecule has 2 aromatic heterocycles. The van der Waals surface area contributed by atoms with Crippen molar-refractivity contribution in [3.8, 4) is 11.5 Å². The second-order valence-corrected chi connectivity index (χ2v) is 5.80. The number of anilines is 2. The van der Waals surface area contributed by atoms with E-state index in [1.165, 1.54) is 31.4 Å². The van der Waals surface area contributed by atoms with E-state index >= 15 is 0 Å². The minimum absolute atomic E-state index is 0.114. The van der Waals surface area contributed by atoms with Crippen molar-refractivity contribution in [2.75, 3.05) is 12.4 Å². The Kier molecular flexibility index (Phi) is 4.61. The highest BCUT2D eigenvalue weighted by Gasteiger charge is 2.22. The van der Waals surface area contributed by atoms with Crippen molar-refractivity contribution in [2.45, 2.75) is 0 Å². The van der Waals surface area contributed by atoms with Crippen LogP contribution in [0.3, 0.4) is 0 Å². The summed E-state index contributed by atoms with van der Waals surface area (Å²) in [6.45, 7) is 0. The lowest BCUT2D eigenvalue weighted by Crippen LogP contribution is -2.14. The van der Waals surface area contributed by atoms with Gasteiger partial charge in [-0.25, -0.2) is 19.0 Å². The maximum absolute atomic E-state index is 13.2. The fraction of sp³-hybridized carbons (Fsp3) is 0.0556. The zero-order valence-corrected chi connectivity index (χ0v) is 15.0. The fourth-order valence-corrected chi connectivity index (χ4v) is 2.70. The van der Waals surface area contributed by atoms with E-state index in [0.29, 0.717) is 5.69 Å². The van der Waals surface area contributed by atoms with Gasteiger partial charge in [-0.15, -0.1) is 0 Å². The molecule has 146 valence electrons. The molecule has 0 atom stereocenters. The second-order valence-electron chi connectivity index (χ2n) is 5.80. The Labute approximate surface area is 162 Å². The van der Waals surface area contributed by atoms with Crippen LogP contribution in [0.4, 0.5) is 15.9 Å². The van der Waals surface area contributed by atoms with Crippen LogP contribution in [0, 0.1) is 5.82 Å². The van der Waals surface area contributed by atoms with Gasteiger partial charge in [-0.2, -0.15) is 5.10 Å². The summed E-state index contributed by atoms with van der Waals surface area (Å²) < 4.78 is 23.0. The number of nitrogens with two attached hydrogens (primary N) is 1. The number of hydrazone groups is 1. The molecule has 4 N–H and O–H groups in total. The van der Waals surface area contributed by atoms with Gasteiger partial charge in [-0.1, -0.05) is 6.07 Å². The molecule has 0 saturated heterocycles. The van der Waals surface area contributed by atoms with Crippen molar-refractivity contribution in [1.29, 1.82) is 0 Å². The van der Waals surface area contributed by atoms with Gasteiger partial charge in [0.25, 0.3) is 0 Å². The van der Waals surface area contributed by atoms with Crippen LogP contribution in [0.5, 0.6) is 11.5 Å². The molecule has 0 radical (unpaired) electrons. The van der Waals surface area contributed by atoms with Gasteiger partial charge in [0.05, 0.1) is 12.7 Å². The Balaban J connectivity index is 1.88. The predicted molar refractivity (Wildman–Crippen MR) is 102 cm³/mol. The third-order valence-electron chi connectivity index (χ3n) is 4.05. The number of phenols is 1. The van der Waals surface area contributed by atoms with Crippen LogP contribution in [0.1, 0.15) is 11.3 Å². The van der Waals surface area contributed by atoms with E-state index in [0.717, 1.165) is 0 Å². The Morgan fingerprint density at radius 2 is 1.86 bits per heavy atom. The summed E-state index contributed by atoms with van der Waals surface area (Å²) in [4.78, 5) is 8.70. The zero-order valence-electron chi connectivity index (χ0n) is 15.0. The molecule has 0 aliphatic heterocycles. The van der Waals surface area contributed by atoms with Gasteiger partial charge in [0.1, 0.15) is 17.2 Å². The largest absolute Gasteiger partial charge is 0.504 e. The number of aromatic nitrogens is 4. The second kappa shape index (κ2) is 7.38. The number of hydrogen-bond acceptors (Lipinski definition) is 10. The van der Waals surface area contributed by atoms with E-state index < -0.39 is 0 Å². The van der Waals surface area contributed by atoms with E-state index in [1.807, 2.05) is 0 Å². The maximum atomic E-state index is 13.2. The number of hydrogen-bond donors (Lipinski definition) is 3. The van der Waals surface area contributed by atoms with E-state index in [1.54, 1.807) is 18.2 Å². The maximum Gasteiger partial charge on any atom is 0.245 e. The minimum atomic E-state index is -0.386. The van der Waals surface area contributed by atoms with Crippen molar-refractivity contribution < 1.29 is 18.9 Å². The molecular weight excluding hydrogens is 381 g/mol. The number of para-hydroxylation sites is 1. The van der Waals surface area contributed by atoms with Crippen LogP contribution in [0.25, 0.3) is 11.3 Å². The number of methoxy groups -OCH3 is 1. The number of nitrogens with one attached hydrogen (secondary N) is 1. The molecule has 0 spiro atoms. The molecule has 11 heteroatoms. The average molecular weight is 395 g/mol. The molecule has 29 heavy (non-hydrogen) atoms. The molecule has 2 heterocycles. The third kappa shape index (κ3) is 3.36. The lowest BCUT2D eigenvalue weighted by molar-refractivity contribution is 0.314. The summed E-state index contributed by atoms with van der Waals surface area (Å²) in [5, 5.41) is 24.7. The van der Waals surface area contributed by atoms with Crippen LogP contribution in [0.2, 0.25) is 0 Å². The van der Waals surface area contributed by atoms with Crippen LogP contribution in [-0.4, -0.2) is 38.2 Å². The highest BCUT2D eigenvalue weighted by molar-refractivity contribution is 6.16. The fourth-order valence-electron chi connectivity index (χ4n) is 2.70. The number of nitrogens with zero attached hydrogens (tertiary/aromatic N) is 5. The normalized spacial score (nSPS) is 11.6. The molecular formula is C18H14FN7O3. The Morgan fingerprint density at radius 3 is 2.55 bits per heavy atom. The highest BCUT2D eigenvalue weighted by Crippen LogP contribution is 2.32. The molecule has 0 unspecified atom stereocenters. The molecule has 4 rings (SSSR count). The van der Waals surface area contributed by atoms with Gasteiger partial charge in [-0.05, 0) is 46.7 Å². The van der Waals surface area contributed by atoms with Crippen LogP contribution < -0.4 is 15.9 Å². The Morgan fingerprint density at radius 1 is 1.14 bits per heavy atom. The van der Waals surface area contributed by atoms with Crippen molar-refractivity contribution in [3.63, 3.8) is 0 Å². The standard InChI is InChI=1S/C18H14FN7O3/c1-28-12-4-2-3-11(15(12)27)13(24-20)14-16(21-10-7-5-9(19)6-8-10)23-18-17(22-14)25-29-26-18/h2-8,27H,20H2,1H3,(H,21,23,26). The van der Waals surface area contributed by atoms with Gasteiger partial charge in [0.2, 0.25) is 11.3 Å². The van der Waals surface area contributed by atoms with Gasteiger partial charge in [0, 0.05) is 5.69 Å². The number of aromatic hydroxyl groups is 1. The number of halogens is 1. The molecule has 2 aromatic carbocycles. The highest BCUT2D eigenvalue weighted by atomic mass is 19.1. The van der Waals surface area contributed by atoms with Crippen LogP contribution in [0.15, 0.2) is 52.2 Å². The van der Waals surface area contributed by atoms with E-state index in [2.05, 4.69) is 35.3 Å². The molecule has 0 fully saturated rings. The van der Waals surface area contributed by atoms with E-state index in [4.69, 9.17) is 10.6 Å².